The second-order valence-corrected chi connectivity index (χ2v) is 12.3. The van der Waals surface area contributed by atoms with Crippen LogP contribution in [0, 0.1) is 0 Å². The lowest BCUT2D eigenvalue weighted by atomic mass is 10.0. The number of aliphatic hydroxyl groups excluding tert-OH is 2. The number of unbranched alkanes of at least 4 members (excludes halogenated alkanes) is 26. The van der Waals surface area contributed by atoms with Crippen LogP contribution in [0.4, 0.5) is 0 Å². The molecule has 0 aromatic rings. The van der Waals surface area contributed by atoms with Gasteiger partial charge < -0.3 is 10.2 Å². The summed E-state index contributed by atoms with van der Waals surface area (Å²) < 4.78 is 0.496. The monoisotopic (exact) mass is 527 g/mol. The third kappa shape index (κ3) is 25.9. The van der Waals surface area contributed by atoms with Crippen LogP contribution in [0.15, 0.2) is 0 Å². The molecule has 0 amide bonds. The standard InChI is InChI=1S/C34H72NO2/c1-3-5-7-9-11-13-15-17-18-19-20-22-24-26-28-30-32-35(33-36,34-37)31-29-27-25-23-21-16-14-12-10-8-6-4-2/h36-37H,3-34H2,1-2H3/q+1. The molecule has 0 rings (SSSR count). The molecule has 0 aliphatic rings. The Kier molecular flexibility index (Phi) is 30.3. The van der Waals surface area contributed by atoms with Gasteiger partial charge in [0.1, 0.15) is 0 Å². The Morgan fingerprint density at radius 1 is 0.297 bits per heavy atom. The van der Waals surface area contributed by atoms with Gasteiger partial charge in [0.2, 0.25) is 0 Å². The lowest BCUT2D eigenvalue weighted by molar-refractivity contribution is -0.961. The Hall–Kier alpha value is -0.120. The van der Waals surface area contributed by atoms with E-state index in [0.29, 0.717) is 4.48 Å². The van der Waals surface area contributed by atoms with Crippen molar-refractivity contribution in [3.8, 4) is 0 Å². The van der Waals surface area contributed by atoms with E-state index in [-0.39, 0.29) is 13.5 Å². The molecule has 3 nitrogen and oxygen atoms in total. The molecular formula is C34H72NO2+. The molecule has 224 valence electrons. The topological polar surface area (TPSA) is 40.5 Å². The average molecular weight is 527 g/mol. The largest absolute Gasteiger partial charge is 0.347 e. The molecule has 0 bridgehead atoms. The minimum absolute atomic E-state index is 0.0905. The van der Waals surface area contributed by atoms with E-state index in [1.54, 1.807) is 0 Å². The molecule has 0 radical (unpaired) electrons. The fourth-order valence-electron chi connectivity index (χ4n) is 5.72. The maximum Gasteiger partial charge on any atom is 0.182 e. The van der Waals surface area contributed by atoms with Gasteiger partial charge in [-0.2, -0.15) is 0 Å². The molecule has 0 spiro atoms. The van der Waals surface area contributed by atoms with Crippen LogP contribution in [0.3, 0.4) is 0 Å². The summed E-state index contributed by atoms with van der Waals surface area (Å²) in [5.41, 5.74) is 0. The highest BCUT2D eigenvalue weighted by molar-refractivity contribution is 4.52. The number of rotatable bonds is 32. The van der Waals surface area contributed by atoms with E-state index in [9.17, 15) is 10.2 Å². The molecule has 0 saturated carbocycles. The van der Waals surface area contributed by atoms with E-state index in [1.807, 2.05) is 0 Å². The highest BCUT2D eigenvalue weighted by Crippen LogP contribution is 2.17. The van der Waals surface area contributed by atoms with Crippen LogP contribution in [0.5, 0.6) is 0 Å². The third-order valence-electron chi connectivity index (χ3n) is 8.57. The van der Waals surface area contributed by atoms with E-state index in [4.69, 9.17) is 0 Å². The summed E-state index contributed by atoms with van der Waals surface area (Å²) in [6.07, 6.45) is 38.4. The second-order valence-electron chi connectivity index (χ2n) is 12.3. The highest BCUT2D eigenvalue weighted by Gasteiger charge is 2.24. The predicted molar refractivity (Wildman–Crippen MR) is 165 cm³/mol. The molecule has 0 fully saturated rings. The minimum atomic E-state index is 0.0905. The average Bonchev–Trinajstić information content (AvgIpc) is 2.92. The number of hydrogen-bond acceptors (Lipinski definition) is 2. The molecule has 0 atom stereocenters. The molecule has 0 unspecified atom stereocenters. The Bertz CT molecular complexity index is 411. The minimum Gasteiger partial charge on any atom is -0.347 e. The van der Waals surface area contributed by atoms with Gasteiger partial charge in [0, 0.05) is 0 Å². The van der Waals surface area contributed by atoms with Crippen LogP contribution >= 0.6 is 0 Å². The predicted octanol–water partition coefficient (Wildman–Crippen LogP) is 10.7. The van der Waals surface area contributed by atoms with Crippen LogP contribution in [-0.4, -0.2) is 41.2 Å². The van der Waals surface area contributed by atoms with Crippen LogP contribution in [0.1, 0.15) is 194 Å². The van der Waals surface area contributed by atoms with E-state index in [0.717, 1.165) is 25.9 Å². The van der Waals surface area contributed by atoms with Gasteiger partial charge in [0.05, 0.1) is 13.1 Å². The van der Waals surface area contributed by atoms with Crippen molar-refractivity contribution >= 4 is 0 Å². The van der Waals surface area contributed by atoms with Crippen LogP contribution in [0.2, 0.25) is 0 Å². The van der Waals surface area contributed by atoms with Gasteiger partial charge in [-0.25, -0.2) is 0 Å². The summed E-state index contributed by atoms with van der Waals surface area (Å²) in [7, 11) is 0. The SMILES string of the molecule is CCCCCCCCCCCCCCCCCC[N+](CO)(CO)CCCCCCCCCCCCCC. The summed E-state index contributed by atoms with van der Waals surface area (Å²) >= 11 is 0. The first kappa shape index (κ1) is 36.9. The zero-order valence-corrected chi connectivity index (χ0v) is 26.0. The summed E-state index contributed by atoms with van der Waals surface area (Å²) in [5, 5.41) is 20.0. The van der Waals surface area contributed by atoms with Gasteiger partial charge in [-0.3, -0.25) is 4.48 Å². The van der Waals surface area contributed by atoms with Crippen LogP contribution < -0.4 is 0 Å². The van der Waals surface area contributed by atoms with Crippen molar-refractivity contribution in [2.24, 2.45) is 0 Å². The Morgan fingerprint density at radius 3 is 0.676 bits per heavy atom. The number of quaternary nitrogens is 1. The van der Waals surface area contributed by atoms with E-state index in [2.05, 4.69) is 13.8 Å². The Labute approximate surface area is 234 Å². The maximum absolute atomic E-state index is 9.99. The van der Waals surface area contributed by atoms with Gasteiger partial charge in [-0.05, 0) is 25.7 Å². The molecule has 0 heterocycles. The fraction of sp³-hybridized carbons (Fsp3) is 1.00. The molecule has 0 aromatic carbocycles. The first-order chi connectivity index (χ1) is 18.2. The maximum atomic E-state index is 9.99. The smallest absolute Gasteiger partial charge is 0.182 e. The van der Waals surface area contributed by atoms with Gasteiger partial charge in [0.25, 0.3) is 0 Å². The number of hydrogen-bond donors (Lipinski definition) is 2. The molecule has 0 aliphatic heterocycles. The van der Waals surface area contributed by atoms with Crippen molar-refractivity contribution in [2.75, 3.05) is 26.6 Å². The van der Waals surface area contributed by atoms with E-state index >= 15 is 0 Å². The molecule has 0 saturated heterocycles. The van der Waals surface area contributed by atoms with Crippen LogP contribution in [0.25, 0.3) is 0 Å². The van der Waals surface area contributed by atoms with Crippen molar-refractivity contribution in [3.63, 3.8) is 0 Å². The summed E-state index contributed by atoms with van der Waals surface area (Å²) in [6.45, 7) is 6.62. The molecule has 0 aromatic heterocycles. The van der Waals surface area contributed by atoms with Gasteiger partial charge >= 0.3 is 0 Å². The summed E-state index contributed by atoms with van der Waals surface area (Å²) in [4.78, 5) is 0. The molecule has 2 N–H and O–H groups in total. The zero-order chi connectivity index (χ0) is 27.1. The third-order valence-corrected chi connectivity index (χ3v) is 8.57. The summed E-state index contributed by atoms with van der Waals surface area (Å²) in [6, 6.07) is 0. The van der Waals surface area contributed by atoms with Crippen molar-refractivity contribution in [1.29, 1.82) is 0 Å². The lowest BCUT2D eigenvalue weighted by Gasteiger charge is -2.34. The first-order valence-electron chi connectivity index (χ1n) is 17.3. The summed E-state index contributed by atoms with van der Waals surface area (Å²) in [5.74, 6) is 0. The number of aliphatic hydroxyl groups is 2. The zero-order valence-electron chi connectivity index (χ0n) is 26.0. The molecule has 0 aliphatic carbocycles. The van der Waals surface area contributed by atoms with Gasteiger partial charge in [-0.15, -0.1) is 0 Å². The van der Waals surface area contributed by atoms with Crippen molar-refractivity contribution < 1.29 is 14.7 Å². The van der Waals surface area contributed by atoms with Crippen molar-refractivity contribution in [1.82, 2.24) is 0 Å². The molecule has 37 heavy (non-hydrogen) atoms. The normalized spacial score (nSPS) is 12.0. The number of nitrogens with zero attached hydrogens (tertiary/aromatic N) is 1. The lowest BCUT2D eigenvalue weighted by Crippen LogP contribution is -2.50. The van der Waals surface area contributed by atoms with Gasteiger partial charge in [-0.1, -0.05) is 168 Å². The Balaban J connectivity index is 3.53. The van der Waals surface area contributed by atoms with Gasteiger partial charge in [0.15, 0.2) is 13.5 Å². The van der Waals surface area contributed by atoms with Crippen LogP contribution in [-0.2, 0) is 0 Å². The van der Waals surface area contributed by atoms with Crippen molar-refractivity contribution in [3.05, 3.63) is 0 Å². The van der Waals surface area contributed by atoms with Crippen molar-refractivity contribution in [2.45, 2.75) is 194 Å². The fourth-order valence-corrected chi connectivity index (χ4v) is 5.72. The van der Waals surface area contributed by atoms with E-state index in [1.165, 1.54) is 167 Å². The first-order valence-corrected chi connectivity index (χ1v) is 17.3. The van der Waals surface area contributed by atoms with E-state index < -0.39 is 0 Å². The highest BCUT2D eigenvalue weighted by atomic mass is 16.3. The molecule has 3 heteroatoms. The Morgan fingerprint density at radius 2 is 0.486 bits per heavy atom. The molecular weight excluding hydrogens is 454 g/mol. The quantitative estimate of drug-likeness (QED) is 0.0520. The second kappa shape index (κ2) is 30.4.